The summed E-state index contributed by atoms with van der Waals surface area (Å²) in [5, 5.41) is 12.0. The molecule has 5 aliphatic rings. The Bertz CT molecular complexity index is 3180. The summed E-state index contributed by atoms with van der Waals surface area (Å²) in [5.41, 5.74) is 5.18. The van der Waals surface area contributed by atoms with E-state index in [1.54, 1.807) is 42.6 Å². The summed E-state index contributed by atoms with van der Waals surface area (Å²) in [6, 6.07) is 20.9. The molecule has 0 amide bonds. The Kier molecular flexibility index (Phi) is 15.1. The van der Waals surface area contributed by atoms with Crippen LogP contribution in [0.1, 0.15) is 35.2 Å². The summed E-state index contributed by atoms with van der Waals surface area (Å²) < 4.78 is 53.0. The zero-order valence-electron chi connectivity index (χ0n) is 41.8. The van der Waals surface area contributed by atoms with Gasteiger partial charge in [0.15, 0.2) is 11.6 Å². The Hall–Kier alpha value is -6.18. The molecule has 4 aromatic carbocycles. The Morgan fingerprint density at radius 3 is 2.32 bits per heavy atom. The van der Waals surface area contributed by atoms with Crippen LogP contribution in [0.5, 0.6) is 28.9 Å². The molecular weight excluding hydrogens is 1020 g/mol. The lowest BCUT2D eigenvalue weighted by atomic mass is 9.92. The van der Waals surface area contributed by atoms with Crippen LogP contribution in [-0.2, 0) is 22.6 Å². The van der Waals surface area contributed by atoms with E-state index in [9.17, 15) is 14.3 Å². The van der Waals surface area contributed by atoms with Gasteiger partial charge in [0.05, 0.1) is 33.3 Å². The summed E-state index contributed by atoms with van der Waals surface area (Å²) in [6.07, 6.45) is 3.81. The number of halogens is 3. The highest BCUT2D eigenvalue weighted by Crippen LogP contribution is 2.53. The maximum absolute atomic E-state index is 14.4. The first-order chi connectivity index (χ1) is 36.4. The molecule has 0 radical (unpaired) electrons. The minimum Gasteiger partial charge on any atom is -0.492 e. The van der Waals surface area contributed by atoms with Crippen molar-refractivity contribution >= 4 is 50.7 Å². The molecule has 0 spiro atoms. The molecule has 12 rings (SSSR count). The molecule has 4 atom stereocenters. The third-order valence-corrected chi connectivity index (χ3v) is 16.4. The average Bonchev–Trinajstić information content (AvgIpc) is 3.98. The van der Waals surface area contributed by atoms with Crippen molar-refractivity contribution in [3.8, 4) is 61.8 Å². The fourth-order valence-corrected chi connectivity index (χ4v) is 12.0. The second-order valence-electron chi connectivity index (χ2n) is 19.6. The number of aliphatic carboxylic acids is 1. The standard InChI is InChI=1S/C56H56Cl2FN7O8S/c1-32-46-33(2)50(58)51(49(32)57)73-43(28-65-20-18-64(3)19-21-65)30-70-40-14-15-44(36(24-40)25-45(56(67)68)74-54-48-47(46)52(75-55(48)62-31-61-54)34-4-8-37(59)9-5-34)71-29-38-16-17-60-53(63-38)35-6-10-39(11-7-35)69-23-22-66-26-41-12-13-42(27-66)72-41/h4-11,14-17,24,31,41-43,45H,12-13,18-23,25-30H2,1-3H3,(H,67,68)/t41?,42?,43-,45-/m1/s1. The fourth-order valence-electron chi connectivity index (χ4n) is 10.4. The summed E-state index contributed by atoms with van der Waals surface area (Å²) in [4.78, 5) is 40.3. The van der Waals surface area contributed by atoms with Crippen LogP contribution in [0.4, 0.5) is 4.39 Å². The fraction of sp³-hybridized carbons (Fsp3) is 0.375. The number of ether oxygens (including phenoxy) is 6. The lowest BCUT2D eigenvalue weighted by Crippen LogP contribution is -2.49. The molecule has 3 fully saturated rings. The Morgan fingerprint density at radius 1 is 0.853 bits per heavy atom. The maximum Gasteiger partial charge on any atom is 0.345 e. The first kappa shape index (κ1) is 51.0. The van der Waals surface area contributed by atoms with Gasteiger partial charge >= 0.3 is 5.97 Å². The zero-order chi connectivity index (χ0) is 51.7. The van der Waals surface area contributed by atoms with Gasteiger partial charge in [0.1, 0.15) is 60.1 Å². The van der Waals surface area contributed by atoms with Crippen molar-refractivity contribution < 1.29 is 42.7 Å². The molecule has 75 heavy (non-hydrogen) atoms. The Balaban J connectivity index is 0.910. The molecule has 6 bridgehead atoms. The molecule has 3 saturated heterocycles. The lowest BCUT2D eigenvalue weighted by Gasteiger charge is -2.35. The quantitative estimate of drug-likeness (QED) is 0.123. The number of carboxylic acids is 1. The van der Waals surface area contributed by atoms with E-state index in [1.807, 2.05) is 38.1 Å². The van der Waals surface area contributed by atoms with Crippen molar-refractivity contribution in [2.24, 2.45) is 0 Å². The molecule has 1 N–H and O–H groups in total. The van der Waals surface area contributed by atoms with E-state index in [0.29, 0.717) is 113 Å². The average molecular weight is 1080 g/mol. The number of carbonyl (C=O) groups is 1. The Morgan fingerprint density at radius 2 is 1.59 bits per heavy atom. The molecule has 3 aromatic heterocycles. The van der Waals surface area contributed by atoms with Crippen LogP contribution in [0.25, 0.3) is 43.2 Å². The third-order valence-electron chi connectivity index (χ3n) is 14.4. The number of rotatable bonds is 12. The second-order valence-corrected chi connectivity index (χ2v) is 21.3. The van der Waals surface area contributed by atoms with Gasteiger partial charge in [-0.2, -0.15) is 0 Å². The molecule has 8 heterocycles. The summed E-state index contributed by atoms with van der Waals surface area (Å²) >= 11 is 16.0. The first-order valence-electron chi connectivity index (χ1n) is 25.2. The number of likely N-dealkylation sites (tertiary alicyclic amines) is 1. The predicted octanol–water partition coefficient (Wildman–Crippen LogP) is 9.83. The van der Waals surface area contributed by atoms with E-state index < -0.39 is 24.0 Å². The molecule has 7 aromatic rings. The third kappa shape index (κ3) is 11.2. The van der Waals surface area contributed by atoms with Crippen molar-refractivity contribution in [2.75, 3.05) is 72.6 Å². The normalized spacial score (nSPS) is 20.3. The maximum atomic E-state index is 14.4. The van der Waals surface area contributed by atoms with Gasteiger partial charge in [-0.3, -0.25) is 9.80 Å². The summed E-state index contributed by atoms with van der Waals surface area (Å²) in [7, 11) is 2.11. The number of fused-ring (bicyclic) bond motifs is 9. The van der Waals surface area contributed by atoms with Crippen LogP contribution in [0.3, 0.4) is 0 Å². The molecule has 2 unspecified atom stereocenters. The van der Waals surface area contributed by atoms with Gasteiger partial charge in [-0.25, -0.2) is 29.1 Å². The van der Waals surface area contributed by atoms with Crippen molar-refractivity contribution in [2.45, 2.75) is 64.1 Å². The van der Waals surface area contributed by atoms with Gasteiger partial charge in [0.2, 0.25) is 12.0 Å². The molecule has 19 heteroatoms. The van der Waals surface area contributed by atoms with E-state index in [0.717, 1.165) is 70.0 Å². The van der Waals surface area contributed by atoms with E-state index in [4.69, 9.17) is 56.6 Å². The first-order valence-corrected chi connectivity index (χ1v) is 26.8. The van der Waals surface area contributed by atoms with E-state index in [-0.39, 0.29) is 25.5 Å². The van der Waals surface area contributed by atoms with Crippen LogP contribution in [0, 0.1) is 19.7 Å². The van der Waals surface area contributed by atoms with Gasteiger partial charge in [-0.05, 0) is 117 Å². The Labute approximate surface area is 448 Å². The number of hydrogen-bond acceptors (Lipinski definition) is 15. The highest BCUT2D eigenvalue weighted by Gasteiger charge is 2.34. The second kappa shape index (κ2) is 22.2. The number of nitrogens with zero attached hydrogens (tertiary/aromatic N) is 7. The number of thiophene rings is 1. The number of piperazine rings is 1. The monoisotopic (exact) mass is 1080 g/mol. The van der Waals surface area contributed by atoms with E-state index >= 15 is 0 Å². The van der Waals surface area contributed by atoms with Crippen LogP contribution in [0.2, 0.25) is 10.0 Å². The summed E-state index contributed by atoms with van der Waals surface area (Å²) in [5.74, 6) is 0.839. The van der Waals surface area contributed by atoms with Gasteiger partial charge in [0.25, 0.3) is 0 Å². The van der Waals surface area contributed by atoms with Crippen molar-refractivity contribution in [1.29, 1.82) is 0 Å². The molecule has 5 aliphatic heterocycles. The number of aromatic nitrogens is 4. The number of carboxylic acid groups (broad SMARTS) is 1. The molecule has 390 valence electrons. The van der Waals surface area contributed by atoms with Gasteiger partial charge < -0.3 is 38.4 Å². The predicted molar refractivity (Wildman–Crippen MR) is 285 cm³/mol. The number of benzene rings is 4. The molecule has 0 aliphatic carbocycles. The SMILES string of the molecule is Cc1c(Cl)c2c(Cl)c(C)c1-c1c(-c3ccc(F)cc3)sc3ncnc(c13)O[C@@H](C(=O)O)Cc1cc(ccc1OCc1ccnc(-c3ccc(OCCN4CC5CCC(C4)O5)cc3)n1)OC[C@@H](CN1CCN(C)CC1)O2. The van der Waals surface area contributed by atoms with Crippen LogP contribution in [-0.4, -0.2) is 143 Å². The van der Waals surface area contributed by atoms with Crippen LogP contribution < -0.4 is 23.7 Å². The van der Waals surface area contributed by atoms with E-state index in [1.165, 1.54) is 29.8 Å². The largest absolute Gasteiger partial charge is 0.492 e. The highest BCUT2D eigenvalue weighted by atomic mass is 35.5. The van der Waals surface area contributed by atoms with Gasteiger partial charge in [0, 0.05) is 86.5 Å². The highest BCUT2D eigenvalue weighted by molar-refractivity contribution is 7.22. The zero-order valence-corrected chi connectivity index (χ0v) is 44.1. The van der Waals surface area contributed by atoms with Crippen LogP contribution >= 0.6 is 34.5 Å². The summed E-state index contributed by atoms with van der Waals surface area (Å²) in [6.45, 7) is 11.2. The molecule has 15 nitrogen and oxygen atoms in total. The number of morpholine rings is 1. The van der Waals surface area contributed by atoms with Crippen molar-refractivity contribution in [1.82, 2.24) is 34.6 Å². The van der Waals surface area contributed by atoms with Gasteiger partial charge in [-0.15, -0.1) is 11.3 Å². The minimum atomic E-state index is -1.48. The smallest absolute Gasteiger partial charge is 0.345 e. The number of likely N-dealkylation sites (N-methyl/N-ethyl adjacent to an activating group) is 1. The minimum absolute atomic E-state index is 0.0254. The van der Waals surface area contributed by atoms with Crippen molar-refractivity contribution in [3.63, 3.8) is 0 Å². The van der Waals surface area contributed by atoms with E-state index in [2.05, 4.69) is 36.7 Å². The molecular formula is C56H56Cl2FN7O8S. The molecule has 0 saturated carbocycles. The lowest BCUT2D eigenvalue weighted by molar-refractivity contribution is -0.145. The van der Waals surface area contributed by atoms with Gasteiger partial charge in [-0.1, -0.05) is 35.3 Å². The topological polar surface area (TPSA) is 154 Å². The van der Waals surface area contributed by atoms with Crippen LogP contribution in [0.15, 0.2) is 85.3 Å². The van der Waals surface area contributed by atoms with Crippen molar-refractivity contribution in [3.05, 3.63) is 124 Å². The number of hydrogen-bond donors (Lipinski definition) is 1.